The molecule has 12 heterocycles. The Balaban J connectivity index is 0.000000157. The van der Waals surface area contributed by atoms with Crippen LogP contribution in [0.5, 0.6) is 0 Å². The van der Waals surface area contributed by atoms with Crippen LogP contribution in [0.1, 0.15) is 150 Å². The Morgan fingerprint density at radius 3 is 1.17 bits per heavy atom. The van der Waals surface area contributed by atoms with E-state index < -0.39 is 29.3 Å². The number of hydrogen-bond acceptors (Lipinski definition) is 32. The van der Waals surface area contributed by atoms with Crippen LogP contribution in [-0.4, -0.2) is 355 Å². The minimum atomic E-state index is -4.66. The van der Waals surface area contributed by atoms with Crippen LogP contribution in [0, 0.1) is 5.82 Å². The molecule has 9 fully saturated rings. The van der Waals surface area contributed by atoms with E-state index in [-0.39, 0.29) is 60.3 Å². The topological polar surface area (TPSA) is 352 Å². The van der Waals surface area contributed by atoms with E-state index in [1.54, 1.807) is 28.3 Å². The second-order valence-electron chi connectivity index (χ2n) is 39.1. The molecule has 45 heteroatoms. The third kappa shape index (κ3) is 33.8. The molecular formula is C104H145BrClF7N28O8. The molecule has 4 aromatic carbocycles. The van der Waals surface area contributed by atoms with Gasteiger partial charge in [-0.1, -0.05) is 46.2 Å². The average Bonchev–Trinajstić information content (AvgIpc) is 1.35. The second kappa shape index (κ2) is 55.6. The smallest absolute Gasteiger partial charge is 0.379 e. The number of anilines is 16. The number of aryl methyl sites for hydroxylation is 1. The van der Waals surface area contributed by atoms with E-state index in [9.17, 15) is 45.5 Å². The van der Waals surface area contributed by atoms with Gasteiger partial charge in [0, 0.05) is 242 Å². The van der Waals surface area contributed by atoms with Crippen LogP contribution in [-0.2, 0) is 56.9 Å². The number of nitrogens with zero attached hydrogens (tertiary/aromatic N) is 19. The van der Waals surface area contributed by atoms with Crippen molar-refractivity contribution in [2.75, 3.05) is 319 Å². The first-order valence-electron chi connectivity index (χ1n) is 52.2. The first kappa shape index (κ1) is 113. The van der Waals surface area contributed by atoms with Gasteiger partial charge in [0.1, 0.15) is 45.2 Å². The van der Waals surface area contributed by atoms with Crippen molar-refractivity contribution in [2.45, 2.75) is 135 Å². The number of amides is 4. The standard InChI is InChI=1S/C26H38BrN7O2.C26H38ClN7O2.C26H35F4N7O2.C26H34F3N7O2/c2*1-19(2)21-17-20(33-12-10-32(3)11-13-33)5-6-23(21)30-26-29-18-22(27)25(31-26)28-8-4-9-34-14-16-36-15-7-24(34)35;1-3-18-15-22(36-10-8-35(2)9-11-36)20(27)16-21(18)33-25-32-17-19(26(28,29)30)24(34-25)31-6-4-7-37-12-14-39-13-5-23(37)38;27-26(28,29)21-17-32-25(34-24(21)31-7-1-10-36-13-15-38-14-6-23(36)37)33-22-5-4-19(16-20(22)18-2-3-18)35-11-8-30-9-12-35/h2*5-6,17-19H,4,7-16H2,1-3H3,(H2,28,29,30,31);15-17H,3-14H2,1-2H3,(H2,31,32,33,34);4-5,16-18,30H,1-3,6-15H2,(H2,31,32,33,34). The van der Waals surface area contributed by atoms with E-state index in [1.165, 1.54) is 28.6 Å². The van der Waals surface area contributed by atoms with Crippen molar-refractivity contribution in [3.63, 3.8) is 0 Å². The highest BCUT2D eigenvalue weighted by molar-refractivity contribution is 9.10. The van der Waals surface area contributed by atoms with Gasteiger partial charge in [-0.2, -0.15) is 46.3 Å². The molecular weight excluding hydrogens is 2020 g/mol. The monoisotopic (exact) mass is 2160 g/mol. The number of hydrogen-bond donors (Lipinski definition) is 9. The Kier molecular flexibility index (Phi) is 42.3. The Labute approximate surface area is 882 Å². The number of rotatable bonds is 36. The third-order valence-corrected chi connectivity index (χ3v) is 28.4. The predicted octanol–water partition coefficient (Wildman–Crippen LogP) is 15.0. The van der Waals surface area contributed by atoms with Gasteiger partial charge in [-0.05, 0) is 189 Å². The van der Waals surface area contributed by atoms with E-state index in [1.807, 2.05) is 40.8 Å². The fraction of sp³-hybridized carbons (Fsp3) is 0.577. The number of carbonyl (C=O) groups is 4. The molecule has 1 aliphatic carbocycles. The fourth-order valence-corrected chi connectivity index (χ4v) is 19.0. The van der Waals surface area contributed by atoms with Gasteiger partial charge in [-0.25, -0.2) is 24.3 Å². The predicted molar refractivity (Wildman–Crippen MR) is 574 cm³/mol. The number of nitrogens with one attached hydrogen (secondary N) is 9. The van der Waals surface area contributed by atoms with Crippen LogP contribution in [0.2, 0.25) is 5.02 Å². The van der Waals surface area contributed by atoms with Crippen molar-refractivity contribution < 1.29 is 68.9 Å². The third-order valence-electron chi connectivity index (χ3n) is 27.5. The van der Waals surface area contributed by atoms with Gasteiger partial charge in [0.15, 0.2) is 0 Å². The minimum Gasteiger partial charge on any atom is -0.379 e. The molecule has 17 rings (SSSR count). The molecule has 9 aliphatic rings. The molecule has 812 valence electrons. The number of alkyl halides is 6. The fourth-order valence-electron chi connectivity index (χ4n) is 18.5. The highest BCUT2D eigenvalue weighted by Crippen LogP contribution is 2.47. The number of piperazine rings is 4. The molecule has 0 bridgehead atoms. The molecule has 4 amide bonds. The van der Waals surface area contributed by atoms with Gasteiger partial charge >= 0.3 is 12.4 Å². The maximum atomic E-state index is 15.1. The van der Waals surface area contributed by atoms with Crippen LogP contribution in [0.15, 0.2) is 96.0 Å². The Hall–Kier alpha value is -11.4. The first-order chi connectivity index (χ1) is 71.8. The van der Waals surface area contributed by atoms with Gasteiger partial charge in [0.05, 0.1) is 94.9 Å². The first-order valence-corrected chi connectivity index (χ1v) is 53.4. The maximum absolute atomic E-state index is 15.1. The quantitative estimate of drug-likeness (QED) is 0.0130. The number of carbonyl (C=O) groups excluding carboxylic acids is 4. The summed E-state index contributed by atoms with van der Waals surface area (Å²) >= 11 is 9.92. The van der Waals surface area contributed by atoms with Crippen molar-refractivity contribution in [1.29, 1.82) is 0 Å². The number of ether oxygens (including phenoxy) is 4. The van der Waals surface area contributed by atoms with E-state index in [0.29, 0.717) is 234 Å². The van der Waals surface area contributed by atoms with E-state index in [0.717, 1.165) is 168 Å². The maximum Gasteiger partial charge on any atom is 0.421 e. The highest BCUT2D eigenvalue weighted by atomic mass is 79.9. The van der Waals surface area contributed by atoms with Crippen LogP contribution >= 0.6 is 27.5 Å². The summed E-state index contributed by atoms with van der Waals surface area (Å²) in [5.74, 6) is 2.75. The molecule has 0 radical (unpaired) electrons. The lowest BCUT2D eigenvalue weighted by molar-refractivity contribution is -0.138. The van der Waals surface area contributed by atoms with Crippen molar-refractivity contribution in [1.82, 2.24) is 79.5 Å². The van der Waals surface area contributed by atoms with E-state index in [4.69, 9.17) is 35.5 Å². The molecule has 0 unspecified atom stereocenters. The summed E-state index contributed by atoms with van der Waals surface area (Å²) in [6.07, 6.45) is 2.48. The lowest BCUT2D eigenvalue weighted by Gasteiger charge is -2.34. The largest absolute Gasteiger partial charge is 0.421 e. The molecule has 8 saturated heterocycles. The summed E-state index contributed by atoms with van der Waals surface area (Å²) in [6.45, 7) is 36.3. The van der Waals surface area contributed by atoms with E-state index >= 15 is 4.39 Å². The average molecular weight is 2160 g/mol. The summed E-state index contributed by atoms with van der Waals surface area (Å²) in [7, 11) is 6.38. The Morgan fingerprint density at radius 2 is 0.765 bits per heavy atom. The number of benzene rings is 4. The SMILES string of the molecule is CC(C)c1cc(N2CCN(C)CC2)ccc1Nc1ncc(Br)c(NCCCN2CCOCCC2=O)n1.CC(C)c1cc(N2CCN(C)CC2)ccc1Nc1ncc(Cl)c(NCCCN2CCOCCC2=O)n1.CCc1cc(N2CCN(C)CC2)c(F)cc1Nc1ncc(C(F)(F)F)c(NCCCN2CCOCCC2=O)n1.O=C1CCOCCN1CCCNc1nc(Nc2ccc(N3CCNCC3)cc2C2CC2)ncc1C(F)(F)F. The summed E-state index contributed by atoms with van der Waals surface area (Å²) in [4.78, 5) is 106. The molecule has 8 aromatic rings. The van der Waals surface area contributed by atoms with Gasteiger partial charge < -0.3 is 121 Å². The number of halogens is 9. The zero-order valence-electron chi connectivity index (χ0n) is 86.8. The lowest BCUT2D eigenvalue weighted by Crippen LogP contribution is -2.44. The molecule has 9 N–H and O–H groups in total. The molecule has 149 heavy (non-hydrogen) atoms. The van der Waals surface area contributed by atoms with Gasteiger partial charge in [-0.15, -0.1) is 0 Å². The van der Waals surface area contributed by atoms with Gasteiger partial charge in [-0.3, -0.25) is 19.2 Å². The zero-order valence-corrected chi connectivity index (χ0v) is 89.1. The summed E-state index contributed by atoms with van der Waals surface area (Å²) < 4.78 is 119. The van der Waals surface area contributed by atoms with Crippen molar-refractivity contribution in [2.24, 2.45) is 0 Å². The normalized spacial score (nSPS) is 17.8. The van der Waals surface area contributed by atoms with Crippen molar-refractivity contribution in [3.8, 4) is 0 Å². The summed E-state index contributed by atoms with van der Waals surface area (Å²) in [5, 5.41) is 29.0. The lowest BCUT2D eigenvalue weighted by atomic mass is 9.99. The summed E-state index contributed by atoms with van der Waals surface area (Å²) in [6, 6.07) is 22.5. The molecule has 36 nitrogen and oxygen atoms in total. The van der Waals surface area contributed by atoms with Crippen LogP contribution in [0.25, 0.3) is 0 Å². The molecule has 0 atom stereocenters. The Morgan fingerprint density at radius 1 is 0.416 bits per heavy atom. The van der Waals surface area contributed by atoms with Crippen molar-refractivity contribution >= 4 is 144 Å². The zero-order chi connectivity index (χ0) is 106. The van der Waals surface area contributed by atoms with Crippen LogP contribution in [0.4, 0.5) is 123 Å². The van der Waals surface area contributed by atoms with Gasteiger partial charge in [0.25, 0.3) is 0 Å². The second-order valence-corrected chi connectivity index (χ2v) is 40.4. The van der Waals surface area contributed by atoms with Crippen LogP contribution in [0.3, 0.4) is 0 Å². The number of likely N-dealkylation sites (N-methyl/N-ethyl adjacent to an activating group) is 3. The van der Waals surface area contributed by atoms with E-state index in [2.05, 4.69) is 212 Å². The van der Waals surface area contributed by atoms with Crippen molar-refractivity contribution in [3.05, 3.63) is 140 Å². The molecule has 8 aliphatic heterocycles. The van der Waals surface area contributed by atoms with Crippen LogP contribution < -0.4 is 67.5 Å². The number of aromatic nitrogens is 8. The molecule has 4 aromatic heterocycles. The minimum absolute atomic E-state index is 0.00134. The summed E-state index contributed by atoms with van der Waals surface area (Å²) in [5.41, 5.74) is 9.94. The highest BCUT2D eigenvalue weighted by Gasteiger charge is 2.38. The molecule has 1 saturated carbocycles. The van der Waals surface area contributed by atoms with Gasteiger partial charge in [0.2, 0.25) is 47.4 Å². The Bertz CT molecular complexity index is 5520. The molecule has 0 spiro atoms.